The molecule has 0 amide bonds. The molecule has 3 aromatic carbocycles. The number of allylic oxidation sites excluding steroid dienone is 1. The van der Waals surface area contributed by atoms with Gasteiger partial charge in [-0.25, -0.2) is 9.79 Å². The molecule has 0 radical (unpaired) electrons. The quantitative estimate of drug-likeness (QED) is 0.223. The summed E-state index contributed by atoms with van der Waals surface area (Å²) in [6.07, 6.45) is -14.0. The zero-order valence-electron chi connectivity index (χ0n) is 23.0. The van der Waals surface area contributed by atoms with E-state index in [1.54, 1.807) is 0 Å². The van der Waals surface area contributed by atoms with Gasteiger partial charge in [-0.2, -0.15) is 39.5 Å². The van der Waals surface area contributed by atoms with Gasteiger partial charge in [0.2, 0.25) is 0 Å². The summed E-state index contributed by atoms with van der Waals surface area (Å²) in [5.74, 6) is -1.08. The number of nitrogens with one attached hydrogen (secondary N) is 1. The summed E-state index contributed by atoms with van der Waals surface area (Å²) >= 11 is 0. The second kappa shape index (κ2) is 12.2. The molecule has 0 aromatic heterocycles. The highest BCUT2D eigenvalue weighted by atomic mass is 19.4. The minimum absolute atomic E-state index is 0.0165. The number of nitrogens with zero attached hydrogens (tertiary/aromatic N) is 2. The molecule has 5 nitrogen and oxygen atoms in total. The lowest BCUT2D eigenvalue weighted by Gasteiger charge is -2.38. The molecule has 14 heteroatoms. The van der Waals surface area contributed by atoms with Gasteiger partial charge in [0.05, 0.1) is 48.5 Å². The second-order valence-corrected chi connectivity index (χ2v) is 9.77. The van der Waals surface area contributed by atoms with E-state index in [0.717, 1.165) is 43.5 Å². The van der Waals surface area contributed by atoms with Crippen LogP contribution in [0.2, 0.25) is 0 Å². The van der Waals surface area contributed by atoms with Gasteiger partial charge in [-0.05, 0) is 53.9 Å². The molecule has 1 heterocycles. The number of esters is 1. The molecule has 44 heavy (non-hydrogen) atoms. The molecule has 0 aliphatic carbocycles. The number of halogens is 9. The maximum absolute atomic E-state index is 13.8. The number of guanidine groups is 1. The first-order valence-corrected chi connectivity index (χ1v) is 12.9. The Morgan fingerprint density at radius 1 is 0.841 bits per heavy atom. The van der Waals surface area contributed by atoms with Gasteiger partial charge in [0.1, 0.15) is 0 Å². The highest BCUT2D eigenvalue weighted by Crippen LogP contribution is 2.38. The average Bonchev–Trinajstić information content (AvgIpc) is 2.96. The van der Waals surface area contributed by atoms with Crippen LogP contribution in [0.4, 0.5) is 39.5 Å². The minimum atomic E-state index is -4.74. The molecule has 0 saturated heterocycles. The monoisotopic (exact) mass is 629 g/mol. The van der Waals surface area contributed by atoms with Crippen molar-refractivity contribution in [3.63, 3.8) is 0 Å². The number of ether oxygens (including phenoxy) is 1. The Balaban J connectivity index is 1.85. The zero-order valence-corrected chi connectivity index (χ0v) is 23.0. The van der Waals surface area contributed by atoms with E-state index in [9.17, 15) is 44.3 Å². The highest BCUT2D eigenvalue weighted by molar-refractivity contribution is 5.96. The Morgan fingerprint density at radius 3 is 2.07 bits per heavy atom. The van der Waals surface area contributed by atoms with Gasteiger partial charge in [0.15, 0.2) is 5.96 Å². The number of carbonyl (C=O) groups is 1. The third-order valence-corrected chi connectivity index (χ3v) is 6.91. The van der Waals surface area contributed by atoms with E-state index in [-0.39, 0.29) is 34.9 Å². The molecule has 0 spiro atoms. The van der Waals surface area contributed by atoms with Gasteiger partial charge >= 0.3 is 24.5 Å². The Hall–Kier alpha value is -4.49. The number of aliphatic imine (C=N–C) groups is 1. The standard InChI is InChI=1S/C30H24F9N3O2/c1-17-24(26(43)44-2)25(19-7-5-8-22(14-19)29(34,35)36)41-27(40-15-18-10-12-21(13-11-18)28(31,32)33)42(17)16-20-6-3-4-9-23(20)30(37,38)39/h3-14,25H,15-16H2,1-2H3,(H,40,41). The van der Waals surface area contributed by atoms with Gasteiger partial charge in [-0.1, -0.05) is 42.5 Å². The first kappa shape index (κ1) is 32.4. The SMILES string of the molecule is COC(=O)C1=C(C)N(Cc2ccccc2C(F)(F)F)C(=NCc2ccc(C(F)(F)F)cc2)NC1c1cccc(C(F)(F)F)c1. The molecular weight excluding hydrogens is 605 g/mol. The van der Waals surface area contributed by atoms with E-state index < -0.39 is 53.8 Å². The molecule has 0 bridgehead atoms. The largest absolute Gasteiger partial charge is 0.466 e. The second-order valence-electron chi connectivity index (χ2n) is 9.77. The number of hydrogen-bond donors (Lipinski definition) is 1. The maximum Gasteiger partial charge on any atom is 0.416 e. The van der Waals surface area contributed by atoms with Crippen LogP contribution < -0.4 is 5.32 Å². The lowest BCUT2D eigenvalue weighted by atomic mass is 9.93. The van der Waals surface area contributed by atoms with E-state index in [0.29, 0.717) is 5.56 Å². The van der Waals surface area contributed by atoms with Gasteiger partial charge in [0, 0.05) is 5.70 Å². The third-order valence-electron chi connectivity index (χ3n) is 6.91. The predicted molar refractivity (Wildman–Crippen MR) is 142 cm³/mol. The Labute approximate surface area is 245 Å². The first-order valence-electron chi connectivity index (χ1n) is 12.9. The summed E-state index contributed by atoms with van der Waals surface area (Å²) in [4.78, 5) is 18.6. The molecule has 1 N–H and O–H groups in total. The molecule has 1 aliphatic rings. The van der Waals surface area contributed by atoms with Crippen molar-refractivity contribution in [2.75, 3.05) is 7.11 Å². The number of carbonyl (C=O) groups excluding carboxylic acids is 1. The highest BCUT2D eigenvalue weighted by Gasteiger charge is 2.39. The Kier molecular flexibility index (Phi) is 9.03. The van der Waals surface area contributed by atoms with E-state index in [1.807, 2.05) is 0 Å². The number of benzene rings is 3. The number of hydrogen-bond acceptors (Lipinski definition) is 3. The van der Waals surface area contributed by atoms with Crippen molar-refractivity contribution in [2.24, 2.45) is 4.99 Å². The summed E-state index contributed by atoms with van der Waals surface area (Å²) in [5, 5.41) is 2.87. The van der Waals surface area contributed by atoms with Crippen LogP contribution in [-0.4, -0.2) is 23.9 Å². The van der Waals surface area contributed by atoms with Crippen LogP contribution >= 0.6 is 0 Å². The molecule has 4 rings (SSSR count). The summed E-state index contributed by atoms with van der Waals surface area (Å²) < 4.78 is 126. The first-order chi connectivity index (χ1) is 20.5. The van der Waals surface area contributed by atoms with Crippen LogP contribution in [0, 0.1) is 0 Å². The maximum atomic E-state index is 13.8. The van der Waals surface area contributed by atoms with Crippen molar-refractivity contribution in [3.8, 4) is 0 Å². The van der Waals surface area contributed by atoms with Crippen molar-refractivity contribution in [3.05, 3.63) is 117 Å². The molecule has 1 aliphatic heterocycles. The Bertz CT molecular complexity index is 1570. The fourth-order valence-electron chi connectivity index (χ4n) is 4.71. The van der Waals surface area contributed by atoms with Crippen molar-refractivity contribution in [1.82, 2.24) is 10.2 Å². The van der Waals surface area contributed by atoms with Gasteiger partial charge in [0.25, 0.3) is 0 Å². The van der Waals surface area contributed by atoms with Crippen LogP contribution in [0.3, 0.4) is 0 Å². The van der Waals surface area contributed by atoms with Crippen LogP contribution in [0.15, 0.2) is 89.1 Å². The van der Waals surface area contributed by atoms with E-state index in [1.165, 1.54) is 48.2 Å². The third kappa shape index (κ3) is 7.17. The van der Waals surface area contributed by atoms with Gasteiger partial charge in [-0.15, -0.1) is 0 Å². The van der Waals surface area contributed by atoms with Crippen molar-refractivity contribution in [2.45, 2.75) is 44.6 Å². The van der Waals surface area contributed by atoms with Crippen LogP contribution in [0.1, 0.15) is 46.3 Å². The van der Waals surface area contributed by atoms with Gasteiger partial charge < -0.3 is 15.0 Å². The van der Waals surface area contributed by atoms with Crippen molar-refractivity contribution < 1.29 is 49.0 Å². The Morgan fingerprint density at radius 2 is 1.48 bits per heavy atom. The lowest BCUT2D eigenvalue weighted by molar-refractivity contribution is -0.139. The van der Waals surface area contributed by atoms with Crippen LogP contribution in [0.25, 0.3) is 0 Å². The number of methoxy groups -OCH3 is 1. The molecular formula is C30H24F9N3O2. The number of rotatable bonds is 6. The summed E-state index contributed by atoms with van der Waals surface area (Å²) in [5.41, 5.74) is -2.92. The van der Waals surface area contributed by atoms with E-state index in [4.69, 9.17) is 4.74 Å². The van der Waals surface area contributed by atoms with Crippen LogP contribution in [-0.2, 0) is 41.1 Å². The fraction of sp³-hybridized carbons (Fsp3) is 0.267. The summed E-state index contributed by atoms with van der Waals surface area (Å²) in [6.45, 7) is 0.655. The van der Waals surface area contributed by atoms with Gasteiger partial charge in [-0.3, -0.25) is 0 Å². The summed E-state index contributed by atoms with van der Waals surface area (Å²) in [6, 6.07) is 11.5. The van der Waals surface area contributed by atoms with Crippen LogP contribution in [0.5, 0.6) is 0 Å². The summed E-state index contributed by atoms with van der Waals surface area (Å²) in [7, 11) is 1.04. The molecule has 1 atom stereocenters. The fourth-order valence-corrected chi connectivity index (χ4v) is 4.71. The van der Waals surface area contributed by atoms with E-state index in [2.05, 4.69) is 10.3 Å². The van der Waals surface area contributed by atoms with Crippen molar-refractivity contribution >= 4 is 11.9 Å². The smallest absolute Gasteiger partial charge is 0.416 e. The topological polar surface area (TPSA) is 53.9 Å². The molecule has 1 unspecified atom stereocenters. The predicted octanol–water partition coefficient (Wildman–Crippen LogP) is 7.89. The molecule has 3 aromatic rings. The molecule has 0 fully saturated rings. The lowest BCUT2D eigenvalue weighted by Crippen LogP contribution is -2.49. The average molecular weight is 630 g/mol. The minimum Gasteiger partial charge on any atom is -0.466 e. The van der Waals surface area contributed by atoms with E-state index >= 15 is 0 Å². The molecule has 0 saturated carbocycles. The number of alkyl halides is 9. The zero-order chi connectivity index (χ0) is 32.4. The van der Waals surface area contributed by atoms with Crippen molar-refractivity contribution in [1.29, 1.82) is 0 Å². The normalized spacial score (nSPS) is 17.1. The molecule has 234 valence electrons.